The second-order valence-electron chi connectivity index (χ2n) is 7.28. The summed E-state index contributed by atoms with van der Waals surface area (Å²) in [6.07, 6.45) is 1.79. The van der Waals surface area contributed by atoms with Gasteiger partial charge in [-0.3, -0.25) is 9.59 Å². The van der Waals surface area contributed by atoms with Crippen molar-refractivity contribution < 1.29 is 19.5 Å². The molecule has 0 fully saturated rings. The number of anilines is 2. The van der Waals surface area contributed by atoms with Crippen molar-refractivity contribution in [1.29, 1.82) is 0 Å². The van der Waals surface area contributed by atoms with Gasteiger partial charge in [-0.2, -0.15) is 0 Å². The van der Waals surface area contributed by atoms with E-state index in [1.807, 2.05) is 32.0 Å². The van der Waals surface area contributed by atoms with E-state index in [2.05, 4.69) is 15.6 Å². The van der Waals surface area contributed by atoms with Crippen LogP contribution < -0.4 is 16.4 Å². The van der Waals surface area contributed by atoms with E-state index in [1.54, 1.807) is 30.5 Å². The molecule has 0 spiro atoms. The molecule has 3 aromatic rings. The van der Waals surface area contributed by atoms with Crippen LogP contribution in [0.15, 0.2) is 48.7 Å². The topological polar surface area (TPSA) is 137 Å². The summed E-state index contributed by atoms with van der Waals surface area (Å²) in [4.78, 5) is 37.8. The highest BCUT2D eigenvalue weighted by Gasteiger charge is 2.18. The molecule has 8 heteroatoms. The van der Waals surface area contributed by atoms with Crippen molar-refractivity contribution in [2.45, 2.75) is 26.7 Å². The lowest BCUT2D eigenvalue weighted by atomic mass is 9.98. The van der Waals surface area contributed by atoms with E-state index in [1.165, 1.54) is 0 Å². The Morgan fingerprint density at radius 2 is 1.61 bits per heavy atom. The van der Waals surface area contributed by atoms with E-state index in [0.717, 1.165) is 11.1 Å². The number of primary amides is 1. The molecule has 160 valence electrons. The van der Waals surface area contributed by atoms with E-state index in [9.17, 15) is 14.4 Å². The number of carboxylic acid groups (broad SMARTS) is 1. The maximum Gasteiger partial charge on any atom is 0.323 e. The molecule has 6 N–H and O–H groups in total. The van der Waals surface area contributed by atoms with Gasteiger partial charge < -0.3 is 26.5 Å². The van der Waals surface area contributed by atoms with Gasteiger partial charge in [0, 0.05) is 29.6 Å². The zero-order valence-corrected chi connectivity index (χ0v) is 17.3. The smallest absolute Gasteiger partial charge is 0.323 e. The molecule has 0 atom stereocenters. The lowest BCUT2D eigenvalue weighted by molar-refractivity contribution is -0.136. The van der Waals surface area contributed by atoms with Crippen molar-refractivity contribution in [1.82, 2.24) is 4.98 Å². The first-order valence-corrected chi connectivity index (χ1v) is 9.72. The first-order chi connectivity index (χ1) is 14.7. The maximum absolute atomic E-state index is 12.3. The number of hydrogen-bond donors (Lipinski definition) is 5. The number of carbonyl (C=O) groups is 3. The van der Waals surface area contributed by atoms with Gasteiger partial charge >= 0.3 is 12.0 Å². The number of aromatic amines is 1. The summed E-state index contributed by atoms with van der Waals surface area (Å²) >= 11 is 0. The number of benzene rings is 2. The second kappa shape index (κ2) is 9.17. The summed E-state index contributed by atoms with van der Waals surface area (Å²) in [5.41, 5.74) is 11.1. The fraction of sp³-hybridized carbons (Fsp3) is 0.174. The molecule has 3 amide bonds. The molecule has 3 rings (SSSR count). The summed E-state index contributed by atoms with van der Waals surface area (Å²) in [7, 11) is 0. The number of rotatable bonds is 7. The third kappa shape index (κ3) is 5.30. The maximum atomic E-state index is 12.3. The molecule has 0 unspecified atom stereocenters. The Morgan fingerprint density at radius 3 is 2.23 bits per heavy atom. The van der Waals surface area contributed by atoms with Crippen LogP contribution in [0.4, 0.5) is 16.2 Å². The van der Waals surface area contributed by atoms with Gasteiger partial charge in [0.1, 0.15) is 5.69 Å². The van der Waals surface area contributed by atoms with Gasteiger partial charge in [-0.25, -0.2) is 4.79 Å². The number of aromatic nitrogens is 1. The van der Waals surface area contributed by atoms with Crippen molar-refractivity contribution in [3.63, 3.8) is 0 Å². The molecule has 0 aliphatic rings. The first-order valence-electron chi connectivity index (χ1n) is 9.72. The molecular weight excluding hydrogens is 396 g/mol. The highest BCUT2D eigenvalue weighted by molar-refractivity contribution is 6.01. The van der Waals surface area contributed by atoms with Gasteiger partial charge in [0.2, 0.25) is 0 Å². The molecule has 1 heterocycles. The van der Waals surface area contributed by atoms with E-state index in [4.69, 9.17) is 10.8 Å². The standard InChI is InChI=1S/C23H24N4O4/c1-13-3-7-18(11-14(13)2)27-23(31)26-17-8-4-15(5-9-17)20-16(6-10-19(28)29)12-25-21(20)22(24)30/h3-5,7-9,11-12,25H,6,10H2,1-2H3,(H2,24,30)(H,28,29)(H2,26,27,31). The first kappa shape index (κ1) is 21.6. The monoisotopic (exact) mass is 420 g/mol. The lowest BCUT2D eigenvalue weighted by Crippen LogP contribution is -2.19. The zero-order valence-electron chi connectivity index (χ0n) is 17.3. The second-order valence-corrected chi connectivity index (χ2v) is 7.28. The molecule has 0 saturated heterocycles. The average molecular weight is 420 g/mol. The molecule has 0 saturated carbocycles. The number of nitrogens with one attached hydrogen (secondary N) is 3. The largest absolute Gasteiger partial charge is 0.481 e. The molecule has 31 heavy (non-hydrogen) atoms. The zero-order chi connectivity index (χ0) is 22.5. The minimum Gasteiger partial charge on any atom is -0.481 e. The SMILES string of the molecule is Cc1ccc(NC(=O)Nc2ccc(-c3c(CCC(=O)O)c[nH]c3C(N)=O)cc2)cc1C. The highest BCUT2D eigenvalue weighted by Crippen LogP contribution is 2.30. The number of amides is 3. The van der Waals surface area contributed by atoms with Crippen LogP contribution in [-0.4, -0.2) is 28.0 Å². The lowest BCUT2D eigenvalue weighted by Gasteiger charge is -2.11. The van der Waals surface area contributed by atoms with Crippen molar-refractivity contribution in [2.75, 3.05) is 10.6 Å². The van der Waals surface area contributed by atoms with Crippen molar-refractivity contribution in [2.24, 2.45) is 5.73 Å². The van der Waals surface area contributed by atoms with Crippen LogP contribution >= 0.6 is 0 Å². The van der Waals surface area contributed by atoms with E-state index in [-0.39, 0.29) is 24.6 Å². The van der Waals surface area contributed by atoms with Crippen LogP contribution in [-0.2, 0) is 11.2 Å². The number of carboxylic acids is 1. The van der Waals surface area contributed by atoms with Crippen LogP contribution in [0, 0.1) is 13.8 Å². The molecule has 2 aromatic carbocycles. The number of nitrogens with two attached hydrogens (primary N) is 1. The Kier molecular flexibility index (Phi) is 6.40. The predicted octanol–water partition coefficient (Wildman–Crippen LogP) is 4.06. The minimum absolute atomic E-state index is 0.0681. The van der Waals surface area contributed by atoms with Gasteiger partial charge in [0.05, 0.1) is 0 Å². The molecule has 0 aliphatic heterocycles. The summed E-state index contributed by atoms with van der Waals surface area (Å²) in [5, 5.41) is 14.5. The highest BCUT2D eigenvalue weighted by atomic mass is 16.4. The molecule has 1 aromatic heterocycles. The number of aliphatic carboxylic acids is 1. The fourth-order valence-electron chi connectivity index (χ4n) is 3.26. The summed E-state index contributed by atoms with van der Waals surface area (Å²) in [5.74, 6) is -1.56. The Hall–Kier alpha value is -4.07. The van der Waals surface area contributed by atoms with Crippen LogP contribution in [0.2, 0.25) is 0 Å². The van der Waals surface area contributed by atoms with Crippen LogP contribution in [0.3, 0.4) is 0 Å². The van der Waals surface area contributed by atoms with Crippen molar-refractivity contribution in [3.05, 3.63) is 71.0 Å². The van der Waals surface area contributed by atoms with E-state index >= 15 is 0 Å². The van der Waals surface area contributed by atoms with Crippen LogP contribution in [0.1, 0.15) is 33.6 Å². The van der Waals surface area contributed by atoms with Gasteiger partial charge in [-0.05, 0) is 66.8 Å². The summed E-state index contributed by atoms with van der Waals surface area (Å²) in [6.45, 7) is 3.98. The van der Waals surface area contributed by atoms with Gasteiger partial charge in [-0.15, -0.1) is 0 Å². The molecule has 8 nitrogen and oxygen atoms in total. The Labute approximate surface area is 179 Å². The number of hydrogen-bond acceptors (Lipinski definition) is 3. The molecule has 0 bridgehead atoms. The normalized spacial score (nSPS) is 10.5. The van der Waals surface area contributed by atoms with Crippen molar-refractivity contribution in [3.8, 4) is 11.1 Å². The predicted molar refractivity (Wildman–Crippen MR) is 119 cm³/mol. The van der Waals surface area contributed by atoms with E-state index < -0.39 is 11.9 Å². The summed E-state index contributed by atoms with van der Waals surface area (Å²) in [6, 6.07) is 12.2. The van der Waals surface area contributed by atoms with Gasteiger partial charge in [0.25, 0.3) is 5.91 Å². The third-order valence-electron chi connectivity index (χ3n) is 5.01. The Bertz CT molecular complexity index is 1130. The van der Waals surface area contributed by atoms with Crippen molar-refractivity contribution >= 4 is 29.3 Å². The summed E-state index contributed by atoms with van der Waals surface area (Å²) < 4.78 is 0. The molecule has 0 radical (unpaired) electrons. The third-order valence-corrected chi connectivity index (χ3v) is 5.01. The number of H-pyrrole nitrogens is 1. The van der Waals surface area contributed by atoms with Crippen LogP contribution in [0.25, 0.3) is 11.1 Å². The van der Waals surface area contributed by atoms with Crippen LogP contribution in [0.5, 0.6) is 0 Å². The van der Waals surface area contributed by atoms with Gasteiger partial charge in [0.15, 0.2) is 0 Å². The molecule has 0 aliphatic carbocycles. The minimum atomic E-state index is -0.929. The van der Waals surface area contributed by atoms with Gasteiger partial charge in [-0.1, -0.05) is 18.2 Å². The average Bonchev–Trinajstić information content (AvgIpc) is 3.14. The molecular formula is C23H24N4O4. The quantitative estimate of drug-likeness (QED) is 0.393. The Morgan fingerprint density at radius 1 is 0.968 bits per heavy atom. The number of carbonyl (C=O) groups excluding carboxylic acids is 2. The number of urea groups is 1. The fourth-order valence-corrected chi connectivity index (χ4v) is 3.26. The Balaban J connectivity index is 1.76. The number of aryl methyl sites for hydroxylation is 3. The van der Waals surface area contributed by atoms with E-state index in [0.29, 0.717) is 28.1 Å².